The molecule has 2 heterocycles. The summed E-state index contributed by atoms with van der Waals surface area (Å²) >= 11 is 6.03. The quantitative estimate of drug-likeness (QED) is 0.664. The molecule has 1 aromatic carbocycles. The maximum Gasteiger partial charge on any atom is 0.129 e. The highest BCUT2D eigenvalue weighted by Crippen LogP contribution is 2.23. The summed E-state index contributed by atoms with van der Waals surface area (Å²) in [7, 11) is 0. The molecule has 0 unspecified atom stereocenters. The number of pyridine rings is 1. The van der Waals surface area contributed by atoms with E-state index in [-0.39, 0.29) is 0 Å². The zero-order valence-corrected chi connectivity index (χ0v) is 11.6. The van der Waals surface area contributed by atoms with Crippen molar-refractivity contribution >= 4 is 22.6 Å². The highest BCUT2D eigenvalue weighted by Gasteiger charge is 2.11. The SMILES string of the molecule is Cc1cc(C)cc(-n2c(CCl)nc3cnccc32)c1. The number of benzene rings is 1. The maximum absolute atomic E-state index is 6.03. The molecule has 3 aromatic rings. The molecule has 3 rings (SSSR count). The zero-order chi connectivity index (χ0) is 13.4. The minimum absolute atomic E-state index is 0.377. The topological polar surface area (TPSA) is 30.7 Å². The first-order chi connectivity index (χ1) is 9.19. The van der Waals surface area contributed by atoms with E-state index in [1.54, 1.807) is 12.4 Å². The van der Waals surface area contributed by atoms with E-state index in [0.29, 0.717) is 5.88 Å². The molecule has 0 N–H and O–H groups in total. The predicted octanol–water partition coefficient (Wildman–Crippen LogP) is 3.78. The van der Waals surface area contributed by atoms with Crippen molar-refractivity contribution in [2.24, 2.45) is 0 Å². The van der Waals surface area contributed by atoms with Crippen LogP contribution < -0.4 is 0 Å². The second-order valence-electron chi connectivity index (χ2n) is 4.71. The first-order valence-electron chi connectivity index (χ1n) is 6.15. The summed E-state index contributed by atoms with van der Waals surface area (Å²) < 4.78 is 2.10. The molecule has 0 spiro atoms. The monoisotopic (exact) mass is 271 g/mol. The van der Waals surface area contributed by atoms with Gasteiger partial charge in [0.25, 0.3) is 0 Å². The van der Waals surface area contributed by atoms with Gasteiger partial charge in [-0.3, -0.25) is 9.55 Å². The van der Waals surface area contributed by atoms with Gasteiger partial charge in [0.15, 0.2) is 0 Å². The molecule has 0 radical (unpaired) electrons. The van der Waals surface area contributed by atoms with Crippen molar-refractivity contribution in [1.29, 1.82) is 0 Å². The second-order valence-corrected chi connectivity index (χ2v) is 4.97. The van der Waals surface area contributed by atoms with E-state index in [4.69, 9.17) is 11.6 Å². The minimum atomic E-state index is 0.377. The summed E-state index contributed by atoms with van der Waals surface area (Å²) in [5.41, 5.74) is 5.47. The Hall–Kier alpha value is -1.87. The number of hydrogen-bond donors (Lipinski definition) is 0. The molecule has 0 amide bonds. The van der Waals surface area contributed by atoms with Gasteiger partial charge < -0.3 is 0 Å². The van der Waals surface area contributed by atoms with Gasteiger partial charge >= 0.3 is 0 Å². The first-order valence-corrected chi connectivity index (χ1v) is 6.68. The molecule has 0 bridgehead atoms. The Morgan fingerprint density at radius 2 is 1.89 bits per heavy atom. The van der Waals surface area contributed by atoms with Crippen LogP contribution in [-0.2, 0) is 5.88 Å². The van der Waals surface area contributed by atoms with E-state index in [1.807, 2.05) is 6.07 Å². The lowest BCUT2D eigenvalue weighted by atomic mass is 10.1. The summed E-state index contributed by atoms with van der Waals surface area (Å²) in [5, 5.41) is 0. The fraction of sp³-hybridized carbons (Fsp3) is 0.200. The summed E-state index contributed by atoms with van der Waals surface area (Å²) in [5.74, 6) is 1.22. The van der Waals surface area contributed by atoms with Crippen LogP contribution in [0.5, 0.6) is 0 Å². The van der Waals surface area contributed by atoms with Crippen LogP contribution in [0.2, 0.25) is 0 Å². The van der Waals surface area contributed by atoms with Crippen LogP contribution in [-0.4, -0.2) is 14.5 Å². The molecule has 3 nitrogen and oxygen atoms in total. The lowest BCUT2D eigenvalue weighted by Crippen LogP contribution is -2.00. The van der Waals surface area contributed by atoms with E-state index in [2.05, 4.69) is 46.6 Å². The van der Waals surface area contributed by atoms with E-state index < -0.39 is 0 Å². The molecule has 0 aliphatic rings. The Morgan fingerprint density at radius 3 is 2.58 bits per heavy atom. The van der Waals surface area contributed by atoms with Gasteiger partial charge in [-0.25, -0.2) is 4.98 Å². The molecule has 2 aromatic heterocycles. The van der Waals surface area contributed by atoms with E-state index in [0.717, 1.165) is 22.5 Å². The lowest BCUT2D eigenvalue weighted by Gasteiger charge is -2.10. The fourth-order valence-corrected chi connectivity index (χ4v) is 2.62. The van der Waals surface area contributed by atoms with Crippen molar-refractivity contribution in [3.63, 3.8) is 0 Å². The third-order valence-electron chi connectivity index (χ3n) is 3.11. The number of imidazole rings is 1. The van der Waals surface area contributed by atoms with Gasteiger partial charge in [-0.15, -0.1) is 11.6 Å². The maximum atomic E-state index is 6.03. The van der Waals surface area contributed by atoms with Crippen LogP contribution in [0.4, 0.5) is 0 Å². The van der Waals surface area contributed by atoms with Crippen molar-refractivity contribution < 1.29 is 0 Å². The molecule has 4 heteroatoms. The third kappa shape index (κ3) is 2.10. The molecule has 96 valence electrons. The number of aromatic nitrogens is 3. The van der Waals surface area contributed by atoms with Gasteiger partial charge in [-0.1, -0.05) is 6.07 Å². The molecule has 0 atom stereocenters. The second kappa shape index (κ2) is 4.67. The Morgan fingerprint density at radius 1 is 1.16 bits per heavy atom. The average Bonchev–Trinajstić information content (AvgIpc) is 2.75. The van der Waals surface area contributed by atoms with Crippen molar-refractivity contribution in [3.05, 3.63) is 53.6 Å². The summed E-state index contributed by atoms with van der Waals surface area (Å²) in [6.45, 7) is 4.19. The predicted molar refractivity (Wildman–Crippen MR) is 77.9 cm³/mol. The fourth-order valence-electron chi connectivity index (χ4n) is 2.44. The average molecular weight is 272 g/mol. The Bertz CT molecular complexity index is 726. The number of nitrogens with zero attached hydrogens (tertiary/aromatic N) is 3. The molecule has 19 heavy (non-hydrogen) atoms. The lowest BCUT2D eigenvalue weighted by molar-refractivity contribution is 0.978. The standard InChI is InChI=1S/C15H14ClN3/c1-10-5-11(2)7-12(6-10)19-14-3-4-17-9-13(14)18-15(19)8-16/h3-7,9H,8H2,1-2H3. The zero-order valence-electron chi connectivity index (χ0n) is 10.9. The van der Waals surface area contributed by atoms with Gasteiger partial charge in [0.05, 0.1) is 17.6 Å². The number of fused-ring (bicyclic) bond motifs is 1. The van der Waals surface area contributed by atoms with Crippen LogP contribution in [0.25, 0.3) is 16.7 Å². The Balaban J connectivity index is 2.34. The normalized spacial score (nSPS) is 11.1. The molecule has 0 fully saturated rings. The molecule has 0 saturated carbocycles. The van der Waals surface area contributed by atoms with Gasteiger partial charge in [-0.05, 0) is 43.2 Å². The number of hydrogen-bond acceptors (Lipinski definition) is 2. The van der Waals surface area contributed by atoms with Crippen LogP contribution in [0.1, 0.15) is 17.0 Å². The molecule has 0 aliphatic carbocycles. The first kappa shape index (κ1) is 12.2. The van der Waals surface area contributed by atoms with E-state index in [1.165, 1.54) is 11.1 Å². The largest absolute Gasteiger partial charge is 0.295 e. The van der Waals surface area contributed by atoms with Gasteiger partial charge in [0, 0.05) is 11.9 Å². The Labute approximate surface area is 116 Å². The highest BCUT2D eigenvalue weighted by molar-refractivity contribution is 6.17. The van der Waals surface area contributed by atoms with Crippen LogP contribution in [0, 0.1) is 13.8 Å². The molecule has 0 aliphatic heterocycles. The van der Waals surface area contributed by atoms with E-state index >= 15 is 0 Å². The number of alkyl halides is 1. The minimum Gasteiger partial charge on any atom is -0.295 e. The number of halogens is 1. The highest BCUT2D eigenvalue weighted by atomic mass is 35.5. The molecule has 0 saturated heterocycles. The van der Waals surface area contributed by atoms with Crippen LogP contribution in [0.15, 0.2) is 36.7 Å². The van der Waals surface area contributed by atoms with Crippen LogP contribution in [0.3, 0.4) is 0 Å². The number of rotatable bonds is 2. The molecular weight excluding hydrogens is 258 g/mol. The van der Waals surface area contributed by atoms with Gasteiger partial charge in [-0.2, -0.15) is 0 Å². The third-order valence-corrected chi connectivity index (χ3v) is 3.35. The summed E-state index contributed by atoms with van der Waals surface area (Å²) in [6.07, 6.45) is 3.55. The smallest absolute Gasteiger partial charge is 0.129 e. The molecular formula is C15H14ClN3. The van der Waals surface area contributed by atoms with Gasteiger partial charge in [0.2, 0.25) is 0 Å². The van der Waals surface area contributed by atoms with Crippen LogP contribution >= 0.6 is 11.6 Å². The van der Waals surface area contributed by atoms with Crippen molar-refractivity contribution in [2.75, 3.05) is 0 Å². The van der Waals surface area contributed by atoms with E-state index in [9.17, 15) is 0 Å². The summed E-state index contributed by atoms with van der Waals surface area (Å²) in [6, 6.07) is 8.41. The summed E-state index contributed by atoms with van der Waals surface area (Å²) in [4.78, 5) is 8.65. The van der Waals surface area contributed by atoms with Gasteiger partial charge in [0.1, 0.15) is 11.3 Å². The van der Waals surface area contributed by atoms with Crippen molar-refractivity contribution in [2.45, 2.75) is 19.7 Å². The van der Waals surface area contributed by atoms with Crippen molar-refractivity contribution in [3.8, 4) is 5.69 Å². The number of aryl methyl sites for hydroxylation is 2. The van der Waals surface area contributed by atoms with Crippen molar-refractivity contribution in [1.82, 2.24) is 14.5 Å². The Kier molecular flexibility index (Phi) is 2.99.